The van der Waals surface area contributed by atoms with Crippen LogP contribution in [-0.2, 0) is 9.59 Å². The summed E-state index contributed by atoms with van der Waals surface area (Å²) >= 11 is 0. The van der Waals surface area contributed by atoms with Gasteiger partial charge in [-0.1, -0.05) is 0 Å². The first kappa shape index (κ1) is 4.03. The molecule has 0 aromatic heterocycles. The molecule has 0 bridgehead atoms. The van der Waals surface area contributed by atoms with Crippen molar-refractivity contribution in [3.8, 4) is 0 Å². The number of carbonyl (C=O) groups excluding carboxylic acids is 2. The zero-order valence-electron chi connectivity index (χ0n) is 6.13. The van der Waals surface area contributed by atoms with Crippen LogP contribution in [-0.4, -0.2) is 24.4 Å². The van der Waals surface area contributed by atoms with Crippen molar-refractivity contribution in [1.82, 2.24) is 0 Å². The summed E-state index contributed by atoms with van der Waals surface area (Å²) in [5, 5.41) is 13.3. The first-order valence-corrected chi connectivity index (χ1v) is 1.82. The van der Waals surface area contributed by atoms with Crippen molar-refractivity contribution in [2.24, 2.45) is 0 Å². The highest BCUT2D eigenvalue weighted by molar-refractivity contribution is 5.98. The van der Waals surface area contributed by atoms with E-state index in [1.54, 1.807) is 0 Å². The largest absolute Gasteiger partial charge is 0.547 e. The van der Waals surface area contributed by atoms with Gasteiger partial charge in [0, 0.05) is 0 Å². The predicted molar refractivity (Wildman–Crippen MR) is 21.7 cm³/mol. The Labute approximate surface area is 48.6 Å². The van der Waals surface area contributed by atoms with E-state index >= 15 is 0 Å². The second-order valence-electron chi connectivity index (χ2n) is 1.17. The Bertz CT molecular complexity index is 153. The maximum Gasteiger partial charge on any atom is 0.212 e. The van der Waals surface area contributed by atoms with E-state index in [1.807, 2.05) is 0 Å². The minimum absolute atomic E-state index is 0.831. The van der Waals surface area contributed by atoms with Gasteiger partial charge in [0.1, 0.15) is 0 Å². The highest BCUT2D eigenvalue weighted by Gasteiger charge is 2.08. The van der Waals surface area contributed by atoms with Crippen LogP contribution in [0.5, 0.6) is 0 Å². The van der Waals surface area contributed by atoms with E-state index in [2.05, 4.69) is 5.11 Å². The molecule has 1 atom stereocenters. The number of aliphatic hydroxyl groups is 1. The van der Waals surface area contributed by atoms with Gasteiger partial charge in [0.15, 0.2) is 11.9 Å². The molecular weight excluding hydrogens is 112 g/mol. The third-order valence-electron chi connectivity index (χ3n) is 0.505. The molecule has 0 spiro atoms. The molecule has 0 amide bonds. The molecule has 0 fully saturated rings. The fourth-order valence-electron chi connectivity index (χ4n) is 0.144. The molecule has 0 saturated carbocycles. The lowest BCUT2D eigenvalue weighted by Crippen LogP contribution is -2.39. The third-order valence-corrected chi connectivity index (χ3v) is 0.505. The maximum atomic E-state index is 10.3. The van der Waals surface area contributed by atoms with Gasteiger partial charge in [-0.2, -0.15) is 0 Å². The van der Waals surface area contributed by atoms with Crippen molar-refractivity contribution in [2.45, 2.75) is 13.0 Å². The normalized spacial score (nSPS) is 20.1. The summed E-state index contributed by atoms with van der Waals surface area (Å²) in [5.74, 6) is -3.13. The van der Waals surface area contributed by atoms with Crippen molar-refractivity contribution in [1.29, 1.82) is 1.43 Å². The van der Waals surface area contributed by atoms with Crippen molar-refractivity contribution in [3.05, 3.63) is 0 Å². The Morgan fingerprint density at radius 3 is 2.50 bits per heavy atom. The second kappa shape index (κ2) is 2.42. The summed E-state index contributed by atoms with van der Waals surface area (Å²) in [4.78, 5) is 20.2. The van der Waals surface area contributed by atoms with E-state index in [-0.39, 0.29) is 0 Å². The number of carboxylic acids is 1. The van der Waals surface area contributed by atoms with Crippen LogP contribution in [0.4, 0.5) is 0 Å². The van der Waals surface area contributed by atoms with E-state index in [9.17, 15) is 14.7 Å². The lowest BCUT2D eigenvalue weighted by molar-refractivity contribution is -0.312. The average Bonchev–Trinajstić information content (AvgIpc) is 1.85. The van der Waals surface area contributed by atoms with Gasteiger partial charge in [0.2, 0.25) is 1.43 Å². The van der Waals surface area contributed by atoms with Crippen LogP contribution in [0, 0.1) is 0 Å². The molecule has 0 aliphatic carbocycles. The highest BCUT2D eigenvalue weighted by Crippen LogP contribution is 1.79. The Morgan fingerprint density at radius 1 is 2.00 bits per heavy atom. The number of aliphatic carboxylic acids is 1. The van der Waals surface area contributed by atoms with Crippen LogP contribution >= 0.6 is 0 Å². The number of hydrogen-bond donors (Lipinski definition) is 1. The summed E-state index contributed by atoms with van der Waals surface area (Å²) in [6.07, 6.45) is -2.88. The molecule has 4 nitrogen and oxygen atoms in total. The van der Waals surface area contributed by atoms with E-state index in [1.165, 1.54) is 0 Å². The van der Waals surface area contributed by atoms with Gasteiger partial charge in [0.05, 0.1) is 7.34 Å². The number of hydrogen-bond acceptors (Lipinski definition) is 4. The molecule has 1 unspecified atom stereocenters. The molecule has 0 rings (SSSR count). The second-order valence-corrected chi connectivity index (χ2v) is 1.17. The van der Waals surface area contributed by atoms with Gasteiger partial charge in [-0.25, -0.2) is 0 Å². The van der Waals surface area contributed by atoms with E-state index < -0.39 is 17.8 Å². The number of ketones is 1. The fourth-order valence-corrected chi connectivity index (χ4v) is 0.144. The zero-order chi connectivity index (χ0) is 8.36. The summed E-state index contributed by atoms with van der Waals surface area (Å²) in [5.41, 5.74) is 0. The topological polar surface area (TPSA) is 77.4 Å². The average molecular weight is 119 g/mol. The first-order valence-electron chi connectivity index (χ1n) is 2.72. The molecule has 46 valence electrons. The maximum absolute atomic E-state index is 10.3. The van der Waals surface area contributed by atoms with Crippen LogP contribution in [0.25, 0.3) is 0 Å². The van der Waals surface area contributed by atoms with Crippen LogP contribution in [0.3, 0.4) is 0 Å². The monoisotopic (exact) mass is 119 g/mol. The van der Waals surface area contributed by atoms with Crippen molar-refractivity contribution >= 4 is 11.8 Å². The molecule has 8 heavy (non-hydrogen) atoms. The van der Waals surface area contributed by atoms with Crippen molar-refractivity contribution < 1.29 is 21.2 Å². The smallest absolute Gasteiger partial charge is 0.212 e. The SMILES string of the molecule is [2H]OC([2H])(C(C)=O)C(=O)[O-]. The molecule has 1 N–H and O–H groups in total. The van der Waals surface area contributed by atoms with Crippen LogP contribution in [0.15, 0.2) is 0 Å². The Morgan fingerprint density at radius 2 is 2.50 bits per heavy atom. The van der Waals surface area contributed by atoms with Gasteiger partial charge in [0.25, 0.3) is 0 Å². The third kappa shape index (κ3) is 1.70. The van der Waals surface area contributed by atoms with Gasteiger partial charge in [-0.15, -0.1) is 0 Å². The van der Waals surface area contributed by atoms with E-state index in [4.69, 9.17) is 2.80 Å². The fraction of sp³-hybridized carbons (Fsp3) is 0.500. The molecule has 0 saturated heterocycles. The molecule has 4 heteroatoms. The molecule has 0 heterocycles. The summed E-state index contributed by atoms with van der Waals surface area (Å²) in [6, 6.07) is 0. The molecule has 0 aromatic rings. The molecule has 0 aliphatic rings. The number of rotatable bonds is 3. The molecule has 0 radical (unpaired) electrons. The van der Waals surface area contributed by atoms with Crippen LogP contribution in [0.2, 0.25) is 0 Å². The summed E-state index contributed by atoms with van der Waals surface area (Å²) in [7, 11) is 0. The number of Topliss-reactive ketones (excluding diaryl/α,β-unsaturated/α-hetero) is 1. The number of carbonyl (C=O) groups is 2. The Kier molecular flexibility index (Phi) is 1.22. The number of carboxylic acid groups (broad SMARTS) is 1. The standard InChI is InChI=1S/C4H6O4/c1-2(5)3(6)4(7)8/h3,6H,1H3,(H,7,8)/p-1/i3D,6D. The van der Waals surface area contributed by atoms with Crippen molar-refractivity contribution in [2.75, 3.05) is 0 Å². The molecular formula is C4H5O4-. The summed E-state index contributed by atoms with van der Waals surface area (Å²) < 4.78 is 12.7. The quantitative estimate of drug-likeness (QED) is 0.423. The lowest BCUT2D eigenvalue weighted by atomic mass is 10.3. The van der Waals surface area contributed by atoms with Gasteiger partial charge in [-0.3, -0.25) is 4.79 Å². The summed E-state index contributed by atoms with van der Waals surface area (Å²) in [6.45, 7) is 0.831. The minimum Gasteiger partial charge on any atom is -0.547 e. The van der Waals surface area contributed by atoms with Crippen molar-refractivity contribution in [3.63, 3.8) is 0 Å². The van der Waals surface area contributed by atoms with Gasteiger partial charge >= 0.3 is 0 Å². The minimum atomic E-state index is -2.88. The lowest BCUT2D eigenvalue weighted by Gasteiger charge is -2.04. The first-order chi connectivity index (χ1) is 4.45. The molecule has 0 aromatic carbocycles. The van der Waals surface area contributed by atoms with Gasteiger partial charge < -0.3 is 15.0 Å². The van der Waals surface area contributed by atoms with Gasteiger partial charge in [-0.05, 0) is 6.92 Å². The Balaban J connectivity index is 4.55. The van der Waals surface area contributed by atoms with Crippen LogP contribution in [0.1, 0.15) is 8.29 Å². The highest BCUT2D eigenvalue weighted by atomic mass is 16.4. The predicted octanol–water partition coefficient (Wildman–Crippen LogP) is -2.31. The molecule has 0 aliphatic heterocycles. The Hall–Kier alpha value is -0.900. The van der Waals surface area contributed by atoms with Crippen LogP contribution < -0.4 is 5.11 Å². The van der Waals surface area contributed by atoms with E-state index in [0.29, 0.717) is 0 Å². The zero-order valence-corrected chi connectivity index (χ0v) is 4.13. The van der Waals surface area contributed by atoms with E-state index in [0.717, 1.165) is 6.92 Å².